The molecule has 0 radical (unpaired) electrons. The number of aromatic amines is 1. The highest BCUT2D eigenvalue weighted by atomic mass is 35.5. The fraction of sp³-hybridized carbons (Fsp3) is 0.222. The molecule has 6 heteroatoms. The number of hydrogen-bond donors (Lipinski definition) is 1. The van der Waals surface area contributed by atoms with Crippen LogP contribution in [0.5, 0.6) is 17.2 Å². The number of methoxy groups -OCH3 is 3. The maximum Gasteiger partial charge on any atom is 0.252 e. The number of aromatic nitrogens is 1. The summed E-state index contributed by atoms with van der Waals surface area (Å²) in [7, 11) is 4.88. The second-order valence-corrected chi connectivity index (χ2v) is 7.62. The van der Waals surface area contributed by atoms with E-state index in [0.29, 0.717) is 29.9 Å². The lowest BCUT2D eigenvalue weighted by Crippen LogP contribution is -2.16. The third-order valence-corrected chi connectivity index (χ3v) is 5.80. The van der Waals surface area contributed by atoms with E-state index in [4.69, 9.17) is 14.2 Å². The Kier molecular flexibility index (Phi) is 7.67. The van der Waals surface area contributed by atoms with Crippen molar-refractivity contribution in [2.45, 2.75) is 19.8 Å². The van der Waals surface area contributed by atoms with Gasteiger partial charge in [-0.2, -0.15) is 0 Å². The number of H-pyrrole nitrogens is 1. The van der Waals surface area contributed by atoms with Crippen LogP contribution in [-0.4, -0.2) is 26.3 Å². The van der Waals surface area contributed by atoms with E-state index in [1.807, 2.05) is 55.5 Å². The Morgan fingerprint density at radius 2 is 1.45 bits per heavy atom. The zero-order chi connectivity index (χ0) is 22.7. The number of ether oxygens (including phenoxy) is 3. The Labute approximate surface area is 199 Å². The molecule has 33 heavy (non-hydrogen) atoms. The van der Waals surface area contributed by atoms with Gasteiger partial charge in [-0.1, -0.05) is 43.3 Å². The quantitative estimate of drug-likeness (QED) is 0.375. The SMILES string of the molecule is CCc1[nH]c(=O)c(Cc2cccc(-c3ccc(OC)cc3)c2)c2cc(OC)c(OC)cc12.Cl. The summed E-state index contributed by atoms with van der Waals surface area (Å²) in [4.78, 5) is 16.1. The highest BCUT2D eigenvalue weighted by molar-refractivity contribution is 5.91. The van der Waals surface area contributed by atoms with Gasteiger partial charge in [0.15, 0.2) is 11.5 Å². The molecule has 4 rings (SSSR count). The molecule has 0 saturated heterocycles. The van der Waals surface area contributed by atoms with E-state index in [9.17, 15) is 4.79 Å². The molecule has 0 aliphatic carbocycles. The smallest absolute Gasteiger partial charge is 0.252 e. The first-order valence-electron chi connectivity index (χ1n) is 10.6. The van der Waals surface area contributed by atoms with E-state index in [1.165, 1.54) is 0 Å². The predicted octanol–water partition coefficient (Wildman–Crippen LogP) is 5.80. The van der Waals surface area contributed by atoms with Crippen LogP contribution in [0, 0.1) is 0 Å². The first-order valence-corrected chi connectivity index (χ1v) is 10.6. The summed E-state index contributed by atoms with van der Waals surface area (Å²) in [5, 5.41) is 1.86. The number of rotatable bonds is 7. The minimum absolute atomic E-state index is 0. The molecule has 0 amide bonds. The van der Waals surface area contributed by atoms with Gasteiger partial charge in [0, 0.05) is 23.1 Å². The zero-order valence-electron chi connectivity index (χ0n) is 19.2. The molecule has 1 heterocycles. The van der Waals surface area contributed by atoms with E-state index in [0.717, 1.165) is 38.9 Å². The molecule has 0 aliphatic heterocycles. The lowest BCUT2D eigenvalue weighted by molar-refractivity contribution is 0.356. The van der Waals surface area contributed by atoms with Crippen molar-refractivity contribution in [1.29, 1.82) is 0 Å². The Hall–Kier alpha value is -3.44. The third-order valence-electron chi connectivity index (χ3n) is 5.80. The van der Waals surface area contributed by atoms with Gasteiger partial charge < -0.3 is 19.2 Å². The van der Waals surface area contributed by atoms with Crippen molar-refractivity contribution in [2.75, 3.05) is 21.3 Å². The second-order valence-electron chi connectivity index (χ2n) is 7.62. The van der Waals surface area contributed by atoms with Crippen molar-refractivity contribution < 1.29 is 14.2 Å². The van der Waals surface area contributed by atoms with Crippen LogP contribution < -0.4 is 19.8 Å². The van der Waals surface area contributed by atoms with Crippen LogP contribution in [0.2, 0.25) is 0 Å². The first kappa shape index (κ1) is 24.2. The number of benzene rings is 3. The summed E-state index contributed by atoms with van der Waals surface area (Å²) in [5.41, 5.74) is 4.78. The van der Waals surface area contributed by atoms with Crippen molar-refractivity contribution in [3.05, 3.63) is 87.8 Å². The van der Waals surface area contributed by atoms with Crippen LogP contribution in [-0.2, 0) is 12.8 Å². The Morgan fingerprint density at radius 1 is 0.788 bits per heavy atom. The molecule has 0 unspecified atom stereocenters. The van der Waals surface area contributed by atoms with Crippen molar-refractivity contribution in [3.63, 3.8) is 0 Å². The van der Waals surface area contributed by atoms with Crippen LogP contribution in [0.15, 0.2) is 65.5 Å². The molecule has 0 bridgehead atoms. The van der Waals surface area contributed by atoms with Gasteiger partial charge >= 0.3 is 0 Å². The molecule has 172 valence electrons. The van der Waals surface area contributed by atoms with Gasteiger partial charge in [0.1, 0.15) is 5.75 Å². The van der Waals surface area contributed by atoms with Gasteiger partial charge in [0.05, 0.1) is 21.3 Å². The molecule has 5 nitrogen and oxygen atoms in total. The standard InChI is InChI=1S/C27H27NO4.ClH/c1-5-24-22-16-26(32-4)25(31-3)15-21(22)23(27(29)28-24)14-17-7-6-8-19(13-17)18-9-11-20(30-2)12-10-18;/h6-13,15-16H,5,14H2,1-4H3,(H,28,29);1H. The van der Waals surface area contributed by atoms with E-state index >= 15 is 0 Å². The molecular weight excluding hydrogens is 438 g/mol. The van der Waals surface area contributed by atoms with E-state index in [-0.39, 0.29) is 18.0 Å². The maximum atomic E-state index is 13.1. The topological polar surface area (TPSA) is 60.6 Å². The number of pyridine rings is 1. The second kappa shape index (κ2) is 10.5. The molecule has 1 aromatic heterocycles. The first-order chi connectivity index (χ1) is 15.6. The number of halogens is 1. The van der Waals surface area contributed by atoms with E-state index in [2.05, 4.69) is 17.1 Å². The molecule has 0 fully saturated rings. The summed E-state index contributed by atoms with van der Waals surface area (Å²) in [5.74, 6) is 2.08. The monoisotopic (exact) mass is 465 g/mol. The summed E-state index contributed by atoms with van der Waals surface area (Å²) >= 11 is 0. The van der Waals surface area contributed by atoms with Crippen molar-refractivity contribution in [2.24, 2.45) is 0 Å². The molecule has 0 atom stereocenters. The minimum atomic E-state index is -0.0728. The van der Waals surface area contributed by atoms with Crippen LogP contribution in [0.4, 0.5) is 0 Å². The van der Waals surface area contributed by atoms with Crippen molar-refractivity contribution in [3.8, 4) is 28.4 Å². The average Bonchev–Trinajstić information content (AvgIpc) is 2.84. The van der Waals surface area contributed by atoms with E-state index in [1.54, 1.807) is 21.3 Å². The number of nitrogens with one attached hydrogen (secondary N) is 1. The molecule has 0 spiro atoms. The fourth-order valence-electron chi connectivity index (χ4n) is 4.08. The van der Waals surface area contributed by atoms with Crippen molar-refractivity contribution >= 4 is 23.2 Å². The van der Waals surface area contributed by atoms with Crippen LogP contribution in [0.3, 0.4) is 0 Å². The summed E-state index contributed by atoms with van der Waals surface area (Å²) in [6.07, 6.45) is 1.23. The van der Waals surface area contributed by atoms with Crippen LogP contribution in [0.1, 0.15) is 23.7 Å². The zero-order valence-corrected chi connectivity index (χ0v) is 20.0. The summed E-state index contributed by atoms with van der Waals surface area (Å²) in [6, 6.07) is 20.1. The lowest BCUT2D eigenvalue weighted by atomic mass is 9.95. The van der Waals surface area contributed by atoms with Crippen LogP contribution in [0.25, 0.3) is 21.9 Å². The van der Waals surface area contributed by atoms with E-state index < -0.39 is 0 Å². The van der Waals surface area contributed by atoms with Gasteiger partial charge in [-0.05, 0) is 52.8 Å². The van der Waals surface area contributed by atoms with Gasteiger partial charge in [-0.3, -0.25) is 4.79 Å². The maximum absolute atomic E-state index is 13.1. The van der Waals surface area contributed by atoms with Gasteiger partial charge in [0.25, 0.3) is 5.56 Å². The highest BCUT2D eigenvalue weighted by Gasteiger charge is 2.16. The normalized spacial score (nSPS) is 10.5. The number of aryl methyl sites for hydroxylation is 1. The molecule has 1 N–H and O–H groups in total. The van der Waals surface area contributed by atoms with Gasteiger partial charge in [-0.25, -0.2) is 0 Å². The molecule has 0 saturated carbocycles. The minimum Gasteiger partial charge on any atom is -0.497 e. The number of hydrogen-bond acceptors (Lipinski definition) is 4. The largest absolute Gasteiger partial charge is 0.497 e. The Balaban J connectivity index is 0.00000306. The summed E-state index contributed by atoms with van der Waals surface area (Å²) in [6.45, 7) is 2.03. The fourth-order valence-corrected chi connectivity index (χ4v) is 4.08. The predicted molar refractivity (Wildman–Crippen MR) is 136 cm³/mol. The molecular formula is C27H28ClNO4. The van der Waals surface area contributed by atoms with Gasteiger partial charge in [0.2, 0.25) is 0 Å². The molecule has 3 aromatic carbocycles. The Morgan fingerprint density at radius 3 is 2.06 bits per heavy atom. The van der Waals surface area contributed by atoms with Gasteiger partial charge in [-0.15, -0.1) is 12.4 Å². The van der Waals surface area contributed by atoms with Crippen LogP contribution >= 0.6 is 12.4 Å². The molecule has 0 aliphatic rings. The lowest BCUT2D eigenvalue weighted by Gasteiger charge is -2.14. The summed E-state index contributed by atoms with van der Waals surface area (Å²) < 4.78 is 16.3. The van der Waals surface area contributed by atoms with Crippen molar-refractivity contribution in [1.82, 2.24) is 4.98 Å². The average molecular weight is 466 g/mol. The Bertz CT molecular complexity index is 1310. The highest BCUT2D eigenvalue weighted by Crippen LogP contribution is 2.35. The molecule has 4 aromatic rings. The third kappa shape index (κ3) is 4.83. The number of fused-ring (bicyclic) bond motifs is 1.